The third-order valence-corrected chi connectivity index (χ3v) is 5.38. The molecular formula is C25H30N4O5. The lowest BCUT2D eigenvalue weighted by Gasteiger charge is -2.25. The summed E-state index contributed by atoms with van der Waals surface area (Å²) < 4.78 is 12.1. The molecule has 0 bridgehead atoms. The van der Waals surface area contributed by atoms with Crippen molar-refractivity contribution in [1.29, 1.82) is 0 Å². The number of carbonyl (C=O) groups is 1. The number of hydrogen-bond acceptors (Lipinski definition) is 6. The van der Waals surface area contributed by atoms with Crippen molar-refractivity contribution >= 4 is 17.4 Å². The molecule has 1 amide bonds. The largest absolute Gasteiger partial charge is 0.483 e. The van der Waals surface area contributed by atoms with Crippen LogP contribution in [-0.4, -0.2) is 42.3 Å². The number of rotatable bonds is 10. The standard InChI is InChI=1S/C25H30N4O5/c1-17-10-11-20(18(2)14-17)34-16-21(30)28(12-7-13-33-3)22-23(26)29(25(32)27-24(22)31)15-19-8-5-4-6-9-19/h4-6,8-11,14H,7,12-13,15-16,26H2,1-3H3,(H,27,31,32). The second kappa shape index (κ2) is 11.3. The van der Waals surface area contributed by atoms with E-state index in [4.69, 9.17) is 15.2 Å². The fraction of sp³-hybridized carbons (Fsp3) is 0.320. The fourth-order valence-electron chi connectivity index (χ4n) is 3.67. The van der Waals surface area contributed by atoms with Crippen molar-refractivity contribution in [2.45, 2.75) is 26.8 Å². The van der Waals surface area contributed by atoms with Crippen molar-refractivity contribution in [2.75, 3.05) is 37.5 Å². The molecular weight excluding hydrogens is 436 g/mol. The van der Waals surface area contributed by atoms with Gasteiger partial charge in [0, 0.05) is 20.3 Å². The highest BCUT2D eigenvalue weighted by Gasteiger charge is 2.24. The molecule has 0 unspecified atom stereocenters. The number of carbonyl (C=O) groups excluding carboxylic acids is 1. The van der Waals surface area contributed by atoms with Gasteiger partial charge in [0.25, 0.3) is 11.5 Å². The predicted molar refractivity (Wildman–Crippen MR) is 132 cm³/mol. The smallest absolute Gasteiger partial charge is 0.330 e. The van der Waals surface area contributed by atoms with E-state index >= 15 is 0 Å². The molecule has 1 aromatic heterocycles. The van der Waals surface area contributed by atoms with Gasteiger partial charge in [-0.2, -0.15) is 0 Å². The molecule has 1 heterocycles. The molecule has 34 heavy (non-hydrogen) atoms. The van der Waals surface area contributed by atoms with Gasteiger partial charge in [0.2, 0.25) is 0 Å². The number of anilines is 2. The van der Waals surface area contributed by atoms with Crippen LogP contribution in [-0.2, 0) is 16.1 Å². The fourth-order valence-corrected chi connectivity index (χ4v) is 3.67. The van der Waals surface area contributed by atoms with Crippen molar-refractivity contribution in [2.24, 2.45) is 0 Å². The molecule has 0 saturated carbocycles. The third-order valence-electron chi connectivity index (χ3n) is 5.38. The van der Waals surface area contributed by atoms with E-state index in [1.807, 2.05) is 56.3 Å². The van der Waals surface area contributed by atoms with Crippen LogP contribution < -0.4 is 26.6 Å². The zero-order valence-corrected chi connectivity index (χ0v) is 19.7. The lowest BCUT2D eigenvalue weighted by Crippen LogP contribution is -2.43. The van der Waals surface area contributed by atoms with Crippen LogP contribution in [0.25, 0.3) is 0 Å². The second-order valence-corrected chi connectivity index (χ2v) is 8.01. The van der Waals surface area contributed by atoms with Gasteiger partial charge in [0.05, 0.1) is 6.54 Å². The van der Waals surface area contributed by atoms with E-state index in [1.165, 1.54) is 9.47 Å². The van der Waals surface area contributed by atoms with E-state index < -0.39 is 17.2 Å². The number of nitrogens with one attached hydrogen (secondary N) is 1. The van der Waals surface area contributed by atoms with Crippen molar-refractivity contribution in [3.05, 3.63) is 86.1 Å². The summed E-state index contributed by atoms with van der Waals surface area (Å²) in [5.74, 6) is 0.0276. The van der Waals surface area contributed by atoms with Gasteiger partial charge in [0.15, 0.2) is 12.3 Å². The molecule has 3 aromatic rings. The van der Waals surface area contributed by atoms with E-state index in [9.17, 15) is 14.4 Å². The molecule has 2 aromatic carbocycles. The highest BCUT2D eigenvalue weighted by molar-refractivity contribution is 5.96. The minimum absolute atomic E-state index is 0.0825. The van der Waals surface area contributed by atoms with Crippen LogP contribution in [0.15, 0.2) is 58.1 Å². The van der Waals surface area contributed by atoms with Crippen molar-refractivity contribution in [3.8, 4) is 5.75 Å². The summed E-state index contributed by atoms with van der Waals surface area (Å²) in [6.45, 7) is 4.26. The van der Waals surface area contributed by atoms with E-state index in [0.29, 0.717) is 18.8 Å². The number of aromatic amines is 1. The Balaban J connectivity index is 1.94. The Morgan fingerprint density at radius 1 is 1.12 bits per heavy atom. The van der Waals surface area contributed by atoms with Crippen LogP contribution in [0, 0.1) is 13.8 Å². The van der Waals surface area contributed by atoms with Crippen molar-refractivity contribution in [1.82, 2.24) is 9.55 Å². The Morgan fingerprint density at radius 2 is 1.85 bits per heavy atom. The molecule has 9 heteroatoms. The number of aromatic nitrogens is 2. The SMILES string of the molecule is COCCCN(C(=O)COc1ccc(C)cc1C)c1c(N)n(Cc2ccccc2)c(=O)[nH]c1=O. The first kappa shape index (κ1) is 24.8. The van der Waals surface area contributed by atoms with Crippen LogP contribution in [0.1, 0.15) is 23.1 Å². The zero-order chi connectivity index (χ0) is 24.7. The van der Waals surface area contributed by atoms with Gasteiger partial charge in [-0.1, -0.05) is 48.0 Å². The van der Waals surface area contributed by atoms with E-state index in [2.05, 4.69) is 4.98 Å². The van der Waals surface area contributed by atoms with E-state index in [1.54, 1.807) is 13.2 Å². The number of amides is 1. The highest BCUT2D eigenvalue weighted by atomic mass is 16.5. The molecule has 3 rings (SSSR count). The molecule has 9 nitrogen and oxygen atoms in total. The lowest BCUT2D eigenvalue weighted by atomic mass is 10.1. The third kappa shape index (κ3) is 5.93. The van der Waals surface area contributed by atoms with Gasteiger partial charge in [0.1, 0.15) is 11.6 Å². The van der Waals surface area contributed by atoms with Gasteiger partial charge < -0.3 is 20.1 Å². The number of nitrogen functional groups attached to an aromatic ring is 1. The average Bonchev–Trinajstić information content (AvgIpc) is 2.80. The maximum Gasteiger partial charge on any atom is 0.330 e. The van der Waals surface area contributed by atoms with Crippen LogP contribution in [0.2, 0.25) is 0 Å². The number of methoxy groups -OCH3 is 1. The number of nitrogens with zero attached hydrogens (tertiary/aromatic N) is 2. The molecule has 0 atom stereocenters. The van der Waals surface area contributed by atoms with Crippen molar-refractivity contribution in [3.63, 3.8) is 0 Å². The summed E-state index contributed by atoms with van der Waals surface area (Å²) in [6.07, 6.45) is 0.461. The van der Waals surface area contributed by atoms with Gasteiger partial charge in [-0.15, -0.1) is 0 Å². The van der Waals surface area contributed by atoms with E-state index in [-0.39, 0.29) is 31.2 Å². The predicted octanol–water partition coefficient (Wildman–Crippen LogP) is 2.23. The maximum absolute atomic E-state index is 13.2. The minimum atomic E-state index is -0.732. The number of nitrogens with two attached hydrogens (primary N) is 1. The molecule has 0 aliphatic rings. The van der Waals surface area contributed by atoms with Crippen LogP contribution >= 0.6 is 0 Å². The molecule has 0 radical (unpaired) electrons. The summed E-state index contributed by atoms with van der Waals surface area (Å²) in [5.41, 5.74) is 7.64. The molecule has 180 valence electrons. The van der Waals surface area contributed by atoms with Gasteiger partial charge in [-0.05, 0) is 37.5 Å². The average molecular weight is 467 g/mol. The summed E-state index contributed by atoms with van der Waals surface area (Å²) in [5, 5.41) is 0. The first-order valence-electron chi connectivity index (χ1n) is 11.0. The maximum atomic E-state index is 13.2. The Morgan fingerprint density at radius 3 is 2.53 bits per heavy atom. The van der Waals surface area contributed by atoms with Crippen LogP contribution in [0.4, 0.5) is 11.5 Å². The molecule has 0 spiro atoms. The van der Waals surface area contributed by atoms with Crippen LogP contribution in [0.5, 0.6) is 5.75 Å². The summed E-state index contributed by atoms with van der Waals surface area (Å²) in [7, 11) is 1.55. The second-order valence-electron chi connectivity index (χ2n) is 8.01. The summed E-state index contributed by atoms with van der Waals surface area (Å²) in [4.78, 5) is 42.1. The number of benzene rings is 2. The number of H-pyrrole nitrogens is 1. The number of hydrogen-bond donors (Lipinski definition) is 2. The Labute approximate surface area is 197 Å². The van der Waals surface area contributed by atoms with Crippen molar-refractivity contribution < 1.29 is 14.3 Å². The highest BCUT2D eigenvalue weighted by Crippen LogP contribution is 2.21. The monoisotopic (exact) mass is 466 g/mol. The summed E-state index contributed by atoms with van der Waals surface area (Å²) in [6, 6.07) is 14.9. The Hall–Kier alpha value is -3.85. The molecule has 3 N–H and O–H groups in total. The van der Waals surface area contributed by atoms with Gasteiger partial charge in [-0.25, -0.2) is 4.79 Å². The quantitative estimate of drug-likeness (QED) is 0.442. The molecule has 0 aliphatic carbocycles. The molecule has 0 aliphatic heterocycles. The zero-order valence-electron chi connectivity index (χ0n) is 19.7. The Kier molecular flexibility index (Phi) is 8.26. The molecule has 0 fully saturated rings. The number of aryl methyl sites for hydroxylation is 2. The van der Waals surface area contributed by atoms with Crippen LogP contribution in [0.3, 0.4) is 0 Å². The minimum Gasteiger partial charge on any atom is -0.483 e. The first-order valence-corrected chi connectivity index (χ1v) is 11.0. The summed E-state index contributed by atoms with van der Waals surface area (Å²) >= 11 is 0. The topological polar surface area (TPSA) is 120 Å². The first-order chi connectivity index (χ1) is 16.3. The number of ether oxygens (including phenoxy) is 2. The Bertz CT molecular complexity index is 1250. The lowest BCUT2D eigenvalue weighted by molar-refractivity contribution is -0.120. The van der Waals surface area contributed by atoms with Gasteiger partial charge >= 0.3 is 5.69 Å². The normalized spacial score (nSPS) is 10.8. The molecule has 0 saturated heterocycles. The van der Waals surface area contributed by atoms with E-state index in [0.717, 1.165) is 16.7 Å². The van der Waals surface area contributed by atoms with Gasteiger partial charge in [-0.3, -0.25) is 19.1 Å².